The van der Waals surface area contributed by atoms with Gasteiger partial charge in [-0.3, -0.25) is 4.79 Å². The highest BCUT2D eigenvalue weighted by Gasteiger charge is 2.13. The first-order valence-electron chi connectivity index (χ1n) is 7.61. The zero-order chi connectivity index (χ0) is 18.1. The van der Waals surface area contributed by atoms with Crippen LogP contribution in [0.1, 0.15) is 4.88 Å². The zero-order valence-corrected chi connectivity index (χ0v) is 15.6. The van der Waals surface area contributed by atoms with Gasteiger partial charge in [0.15, 0.2) is 5.13 Å². The molecule has 0 saturated carbocycles. The average molecular weight is 403 g/mol. The summed E-state index contributed by atoms with van der Waals surface area (Å²) in [4.78, 5) is 29.5. The molecule has 4 aromatic rings. The molecule has 0 unspecified atom stereocenters. The van der Waals surface area contributed by atoms with Gasteiger partial charge in [0.2, 0.25) is 5.91 Å². The summed E-state index contributed by atoms with van der Waals surface area (Å²) in [5.41, 5.74) is 0.911. The Morgan fingerprint density at radius 3 is 2.88 bits per heavy atom. The second-order valence-electron chi connectivity index (χ2n) is 5.45. The molecule has 0 fully saturated rings. The number of anilines is 1. The third-order valence-electron chi connectivity index (χ3n) is 3.63. The minimum absolute atomic E-state index is 0.185. The van der Waals surface area contributed by atoms with Crippen molar-refractivity contribution in [2.24, 2.45) is 0 Å². The number of para-hydroxylation sites is 1. The van der Waals surface area contributed by atoms with E-state index in [9.17, 15) is 9.59 Å². The minimum atomic E-state index is -0.458. The van der Waals surface area contributed by atoms with E-state index in [1.165, 1.54) is 22.7 Å². The predicted molar refractivity (Wildman–Crippen MR) is 105 cm³/mol. The Kier molecular flexibility index (Phi) is 4.58. The number of nitrogens with zero attached hydrogens (tertiary/aromatic N) is 1. The van der Waals surface area contributed by atoms with Crippen LogP contribution in [-0.2, 0) is 11.2 Å². The summed E-state index contributed by atoms with van der Waals surface area (Å²) in [7, 11) is 0. The summed E-state index contributed by atoms with van der Waals surface area (Å²) in [6.45, 7) is 0. The summed E-state index contributed by atoms with van der Waals surface area (Å²) in [5, 5.41) is 5.71. The molecule has 0 aliphatic carbocycles. The lowest BCUT2D eigenvalue weighted by Crippen LogP contribution is -2.13. The van der Waals surface area contributed by atoms with E-state index in [4.69, 9.17) is 16.0 Å². The van der Waals surface area contributed by atoms with Gasteiger partial charge >= 0.3 is 5.63 Å². The molecule has 5 nitrogen and oxygen atoms in total. The van der Waals surface area contributed by atoms with Gasteiger partial charge in [-0.15, -0.1) is 22.7 Å². The van der Waals surface area contributed by atoms with E-state index in [0.717, 1.165) is 10.3 Å². The molecule has 4 rings (SSSR count). The summed E-state index contributed by atoms with van der Waals surface area (Å²) in [6.07, 6.45) is 0.227. The van der Waals surface area contributed by atoms with Gasteiger partial charge in [-0.1, -0.05) is 29.8 Å². The van der Waals surface area contributed by atoms with Crippen LogP contribution in [-0.4, -0.2) is 10.9 Å². The highest BCUT2D eigenvalue weighted by Crippen LogP contribution is 2.26. The fraction of sp³-hybridized carbons (Fsp3) is 0.0556. The monoisotopic (exact) mass is 402 g/mol. The Morgan fingerprint density at radius 1 is 1.23 bits per heavy atom. The van der Waals surface area contributed by atoms with Crippen LogP contribution >= 0.6 is 34.3 Å². The molecular formula is C18H11ClN2O3S2. The number of aromatic nitrogens is 1. The fourth-order valence-corrected chi connectivity index (χ4v) is 4.28. The topological polar surface area (TPSA) is 72.2 Å². The molecule has 0 spiro atoms. The van der Waals surface area contributed by atoms with Crippen molar-refractivity contribution in [3.8, 4) is 11.3 Å². The number of carbonyl (C=O) groups is 1. The first-order chi connectivity index (χ1) is 12.6. The van der Waals surface area contributed by atoms with E-state index in [-0.39, 0.29) is 12.3 Å². The molecule has 0 radical (unpaired) electrons. The molecule has 1 amide bonds. The number of benzene rings is 1. The molecule has 0 bridgehead atoms. The third kappa shape index (κ3) is 3.55. The number of rotatable bonds is 4. The van der Waals surface area contributed by atoms with E-state index in [1.54, 1.807) is 23.6 Å². The second kappa shape index (κ2) is 7.03. The average Bonchev–Trinajstić information content (AvgIpc) is 3.23. The van der Waals surface area contributed by atoms with Crippen LogP contribution in [0.25, 0.3) is 22.2 Å². The summed E-state index contributed by atoms with van der Waals surface area (Å²) < 4.78 is 5.98. The quantitative estimate of drug-likeness (QED) is 0.497. The number of fused-ring (bicyclic) bond motifs is 1. The van der Waals surface area contributed by atoms with Gasteiger partial charge in [-0.05, 0) is 24.3 Å². The van der Waals surface area contributed by atoms with Crippen molar-refractivity contribution in [2.75, 3.05) is 5.32 Å². The van der Waals surface area contributed by atoms with Gasteiger partial charge in [-0.2, -0.15) is 0 Å². The van der Waals surface area contributed by atoms with Gasteiger partial charge in [0.1, 0.15) is 5.58 Å². The first-order valence-corrected chi connectivity index (χ1v) is 9.69. The number of hydrogen-bond acceptors (Lipinski definition) is 6. The summed E-state index contributed by atoms with van der Waals surface area (Å²) in [6, 6.07) is 12.6. The Hall–Kier alpha value is -2.48. The number of thiazole rings is 1. The smallest absolute Gasteiger partial charge is 0.345 e. The van der Waals surface area contributed by atoms with Gasteiger partial charge in [-0.25, -0.2) is 9.78 Å². The van der Waals surface area contributed by atoms with Crippen molar-refractivity contribution in [1.29, 1.82) is 0 Å². The molecule has 1 N–H and O–H groups in total. The maximum absolute atomic E-state index is 12.2. The van der Waals surface area contributed by atoms with Crippen LogP contribution in [0.5, 0.6) is 0 Å². The molecule has 0 atom stereocenters. The molecule has 0 aliphatic rings. The Morgan fingerprint density at radius 2 is 2.08 bits per heavy atom. The van der Waals surface area contributed by atoms with Crippen LogP contribution in [0.15, 0.2) is 57.1 Å². The van der Waals surface area contributed by atoms with Crippen molar-refractivity contribution in [3.63, 3.8) is 0 Å². The largest absolute Gasteiger partial charge is 0.422 e. The minimum Gasteiger partial charge on any atom is -0.422 e. The third-order valence-corrected chi connectivity index (χ3v) is 5.62. The van der Waals surface area contributed by atoms with Crippen molar-refractivity contribution in [2.45, 2.75) is 6.42 Å². The fourth-order valence-electron chi connectivity index (χ4n) is 2.46. The molecule has 0 aliphatic heterocycles. The maximum Gasteiger partial charge on any atom is 0.345 e. The van der Waals surface area contributed by atoms with Crippen LogP contribution in [0, 0.1) is 0 Å². The number of amides is 1. The molecule has 26 heavy (non-hydrogen) atoms. The zero-order valence-electron chi connectivity index (χ0n) is 13.2. The lowest BCUT2D eigenvalue weighted by atomic mass is 10.1. The van der Waals surface area contributed by atoms with E-state index in [1.807, 2.05) is 24.3 Å². The SMILES string of the molecule is O=C(Cc1ccc(Cl)s1)Nc1nc(-c2cc3ccccc3oc2=O)cs1. The maximum atomic E-state index is 12.2. The van der Waals surface area contributed by atoms with Crippen molar-refractivity contribution < 1.29 is 9.21 Å². The number of hydrogen-bond donors (Lipinski definition) is 1. The van der Waals surface area contributed by atoms with Crippen molar-refractivity contribution >= 4 is 56.3 Å². The standard InChI is InChI=1S/C18H11ClN2O3S2/c19-15-6-5-11(26-15)8-16(22)21-18-20-13(9-25-18)12-7-10-3-1-2-4-14(10)24-17(12)23/h1-7,9H,8H2,(H,20,21,22). The number of halogens is 1. The van der Waals surface area contributed by atoms with E-state index < -0.39 is 5.63 Å². The predicted octanol–water partition coefficient (Wildman–Crippen LogP) is 4.81. The van der Waals surface area contributed by atoms with E-state index >= 15 is 0 Å². The van der Waals surface area contributed by atoms with Gasteiger partial charge in [0, 0.05) is 15.6 Å². The summed E-state index contributed by atoms with van der Waals surface area (Å²) >= 11 is 8.49. The molecule has 8 heteroatoms. The lowest BCUT2D eigenvalue weighted by molar-refractivity contribution is -0.115. The lowest BCUT2D eigenvalue weighted by Gasteiger charge is -2.00. The number of nitrogens with one attached hydrogen (secondary N) is 1. The van der Waals surface area contributed by atoms with Crippen LogP contribution in [0.3, 0.4) is 0 Å². The van der Waals surface area contributed by atoms with Crippen LogP contribution in [0.4, 0.5) is 5.13 Å². The van der Waals surface area contributed by atoms with E-state index in [0.29, 0.717) is 26.3 Å². The normalized spacial score (nSPS) is 11.0. The molecule has 0 saturated heterocycles. The van der Waals surface area contributed by atoms with Crippen molar-refractivity contribution in [1.82, 2.24) is 4.98 Å². The molecular weight excluding hydrogens is 392 g/mol. The highest BCUT2D eigenvalue weighted by atomic mass is 35.5. The molecule has 1 aromatic carbocycles. The Bertz CT molecular complexity index is 1160. The first kappa shape index (κ1) is 17.0. The van der Waals surface area contributed by atoms with E-state index in [2.05, 4.69) is 10.3 Å². The van der Waals surface area contributed by atoms with Crippen LogP contribution < -0.4 is 10.9 Å². The van der Waals surface area contributed by atoms with Gasteiger partial charge in [0.25, 0.3) is 0 Å². The van der Waals surface area contributed by atoms with Crippen molar-refractivity contribution in [3.05, 3.63) is 67.5 Å². The highest BCUT2D eigenvalue weighted by molar-refractivity contribution is 7.16. The van der Waals surface area contributed by atoms with Crippen LogP contribution in [0.2, 0.25) is 4.34 Å². The molecule has 3 heterocycles. The number of carbonyl (C=O) groups excluding carboxylic acids is 1. The second-order valence-corrected chi connectivity index (χ2v) is 8.11. The Balaban J connectivity index is 1.55. The van der Waals surface area contributed by atoms with Gasteiger partial charge in [0.05, 0.1) is 22.0 Å². The number of thiophene rings is 1. The van der Waals surface area contributed by atoms with Gasteiger partial charge < -0.3 is 9.73 Å². The molecule has 3 aromatic heterocycles. The molecule has 130 valence electrons. The Labute approximate surface area is 160 Å². The summed E-state index contributed by atoms with van der Waals surface area (Å²) in [5.74, 6) is -0.185.